The minimum Gasteiger partial charge on any atom is -0.444 e. The average molecular weight is 343 g/mol. The van der Waals surface area contributed by atoms with Crippen LogP contribution in [0.4, 0.5) is 4.79 Å². The van der Waals surface area contributed by atoms with Gasteiger partial charge >= 0.3 is 6.09 Å². The van der Waals surface area contributed by atoms with E-state index in [2.05, 4.69) is 10.3 Å². The van der Waals surface area contributed by atoms with Crippen LogP contribution in [-0.2, 0) is 4.74 Å². The predicted molar refractivity (Wildman–Crippen MR) is 92.8 cm³/mol. The Balaban J connectivity index is 2.52. The molecule has 0 saturated heterocycles. The number of rotatable bonds is 7. The molecule has 23 heavy (non-hydrogen) atoms. The highest BCUT2D eigenvalue weighted by Gasteiger charge is 2.23. The van der Waals surface area contributed by atoms with E-state index in [0.717, 1.165) is 10.7 Å². The largest absolute Gasteiger partial charge is 0.444 e. The lowest BCUT2D eigenvalue weighted by atomic mass is 10.2. The molecule has 0 aromatic carbocycles. The number of aryl methyl sites for hydroxylation is 1. The number of hydrogen-bond acceptors (Lipinski definition) is 6. The molecule has 0 bridgehead atoms. The van der Waals surface area contributed by atoms with Gasteiger partial charge in [-0.3, -0.25) is 0 Å². The minimum atomic E-state index is -0.596. The molecule has 1 heterocycles. The smallest absolute Gasteiger partial charge is 0.410 e. The number of aromatic nitrogens is 1. The Morgan fingerprint density at radius 1 is 1.48 bits per heavy atom. The molecule has 1 aromatic heterocycles. The van der Waals surface area contributed by atoms with Crippen molar-refractivity contribution >= 4 is 17.4 Å². The Hall–Kier alpha value is -1.18. The normalized spacial score (nSPS) is 14.4. The van der Waals surface area contributed by atoms with Crippen molar-refractivity contribution in [3.05, 3.63) is 16.1 Å². The van der Waals surface area contributed by atoms with Crippen molar-refractivity contribution in [1.29, 1.82) is 0 Å². The Morgan fingerprint density at radius 3 is 2.61 bits per heavy atom. The molecule has 1 rings (SSSR count). The van der Waals surface area contributed by atoms with E-state index in [4.69, 9.17) is 4.74 Å². The first-order valence-electron chi connectivity index (χ1n) is 7.90. The van der Waals surface area contributed by atoms with Crippen LogP contribution in [0.15, 0.2) is 5.38 Å². The summed E-state index contributed by atoms with van der Waals surface area (Å²) in [6.45, 7) is 12.5. The molecule has 0 spiro atoms. The van der Waals surface area contributed by atoms with Gasteiger partial charge in [-0.05, 0) is 41.5 Å². The molecule has 0 saturated carbocycles. The molecule has 2 unspecified atom stereocenters. The standard InChI is InChI=1S/C16H29N3O3S/c1-11(20)9-19(15(21)22-16(4,5)6)8-7-17-12(2)14-10-23-13(3)18-14/h10-12,17,20H,7-9H2,1-6H3. The lowest BCUT2D eigenvalue weighted by Gasteiger charge is -2.28. The number of carbonyl (C=O) groups is 1. The van der Waals surface area contributed by atoms with Crippen LogP contribution in [-0.4, -0.2) is 52.4 Å². The van der Waals surface area contributed by atoms with Crippen LogP contribution in [0.25, 0.3) is 0 Å². The second kappa shape index (κ2) is 8.61. The summed E-state index contributed by atoms with van der Waals surface area (Å²) in [4.78, 5) is 18.2. The zero-order chi connectivity index (χ0) is 17.6. The lowest BCUT2D eigenvalue weighted by Crippen LogP contribution is -2.43. The monoisotopic (exact) mass is 343 g/mol. The fourth-order valence-electron chi connectivity index (χ4n) is 2.00. The molecule has 0 radical (unpaired) electrons. The van der Waals surface area contributed by atoms with Crippen LogP contribution in [0.5, 0.6) is 0 Å². The molecule has 6 nitrogen and oxygen atoms in total. The molecule has 0 fully saturated rings. The first-order chi connectivity index (χ1) is 10.6. The van der Waals surface area contributed by atoms with E-state index in [1.54, 1.807) is 18.3 Å². The van der Waals surface area contributed by atoms with Gasteiger partial charge in [-0.25, -0.2) is 9.78 Å². The van der Waals surface area contributed by atoms with E-state index in [-0.39, 0.29) is 12.6 Å². The van der Waals surface area contributed by atoms with Crippen LogP contribution in [0.3, 0.4) is 0 Å². The van der Waals surface area contributed by atoms with Gasteiger partial charge in [0.2, 0.25) is 0 Å². The van der Waals surface area contributed by atoms with Gasteiger partial charge in [0.15, 0.2) is 0 Å². The number of carbonyl (C=O) groups excluding carboxylic acids is 1. The highest BCUT2D eigenvalue weighted by atomic mass is 32.1. The lowest BCUT2D eigenvalue weighted by molar-refractivity contribution is 0.0163. The third-order valence-electron chi connectivity index (χ3n) is 3.05. The second-order valence-corrected chi connectivity index (χ2v) is 7.80. The quantitative estimate of drug-likeness (QED) is 0.796. The van der Waals surface area contributed by atoms with E-state index >= 15 is 0 Å². The van der Waals surface area contributed by atoms with Crippen molar-refractivity contribution in [1.82, 2.24) is 15.2 Å². The summed E-state index contributed by atoms with van der Waals surface area (Å²) in [7, 11) is 0. The number of aliphatic hydroxyl groups excluding tert-OH is 1. The van der Waals surface area contributed by atoms with Gasteiger partial charge < -0.3 is 20.1 Å². The van der Waals surface area contributed by atoms with Crippen LogP contribution in [0.1, 0.15) is 51.4 Å². The van der Waals surface area contributed by atoms with Crippen LogP contribution in [0.2, 0.25) is 0 Å². The molecule has 132 valence electrons. The first-order valence-corrected chi connectivity index (χ1v) is 8.78. The summed E-state index contributed by atoms with van der Waals surface area (Å²) in [6.07, 6.45) is -1.00. The number of thiazole rings is 1. The summed E-state index contributed by atoms with van der Waals surface area (Å²) in [5, 5.41) is 16.0. The zero-order valence-corrected chi connectivity index (χ0v) is 15.7. The number of hydrogen-bond donors (Lipinski definition) is 2. The molecule has 0 aliphatic carbocycles. The van der Waals surface area contributed by atoms with Crippen LogP contribution in [0, 0.1) is 6.92 Å². The van der Waals surface area contributed by atoms with Crippen molar-refractivity contribution in [3.8, 4) is 0 Å². The number of amides is 1. The summed E-state index contributed by atoms with van der Waals surface area (Å²) >= 11 is 1.62. The molecule has 1 aromatic rings. The van der Waals surface area contributed by atoms with Crippen LogP contribution >= 0.6 is 11.3 Å². The van der Waals surface area contributed by atoms with E-state index in [9.17, 15) is 9.90 Å². The van der Waals surface area contributed by atoms with Crippen molar-refractivity contribution in [2.75, 3.05) is 19.6 Å². The van der Waals surface area contributed by atoms with Crippen molar-refractivity contribution in [2.45, 2.75) is 59.3 Å². The third-order valence-corrected chi connectivity index (χ3v) is 3.84. The van der Waals surface area contributed by atoms with E-state index in [1.807, 2.05) is 40.0 Å². The average Bonchev–Trinajstić information content (AvgIpc) is 2.81. The van der Waals surface area contributed by atoms with Crippen molar-refractivity contribution in [2.24, 2.45) is 0 Å². The summed E-state index contributed by atoms with van der Waals surface area (Å²) in [5.41, 5.74) is 0.458. The Kier molecular flexibility index (Phi) is 7.44. The van der Waals surface area contributed by atoms with Gasteiger partial charge in [0, 0.05) is 31.1 Å². The van der Waals surface area contributed by atoms with Gasteiger partial charge in [0.1, 0.15) is 5.60 Å². The number of aliphatic hydroxyl groups is 1. The van der Waals surface area contributed by atoms with Gasteiger partial charge in [-0.2, -0.15) is 0 Å². The summed E-state index contributed by atoms with van der Waals surface area (Å²) in [6, 6.07) is 0.118. The minimum absolute atomic E-state index is 0.118. The highest BCUT2D eigenvalue weighted by Crippen LogP contribution is 2.15. The maximum atomic E-state index is 12.2. The second-order valence-electron chi connectivity index (χ2n) is 6.74. The Labute approximate surface area is 142 Å². The number of nitrogens with one attached hydrogen (secondary N) is 1. The van der Waals surface area contributed by atoms with Crippen LogP contribution < -0.4 is 5.32 Å². The summed E-state index contributed by atoms with van der Waals surface area (Å²) < 4.78 is 5.38. The van der Waals surface area contributed by atoms with Crippen molar-refractivity contribution < 1.29 is 14.6 Å². The fourth-order valence-corrected chi connectivity index (χ4v) is 2.71. The maximum Gasteiger partial charge on any atom is 0.410 e. The molecular weight excluding hydrogens is 314 g/mol. The SMILES string of the molecule is Cc1nc(C(C)NCCN(CC(C)O)C(=O)OC(C)(C)C)cs1. The number of nitrogens with zero attached hydrogens (tertiary/aromatic N) is 2. The maximum absolute atomic E-state index is 12.2. The predicted octanol–water partition coefficient (Wildman–Crippen LogP) is 2.72. The molecule has 1 amide bonds. The molecular formula is C16H29N3O3S. The van der Waals surface area contributed by atoms with Gasteiger partial charge in [-0.15, -0.1) is 11.3 Å². The Bertz CT molecular complexity index is 497. The molecule has 2 N–H and O–H groups in total. The van der Waals surface area contributed by atoms with Gasteiger partial charge in [0.05, 0.1) is 16.8 Å². The summed E-state index contributed by atoms with van der Waals surface area (Å²) in [5.74, 6) is 0. The van der Waals surface area contributed by atoms with Crippen molar-refractivity contribution in [3.63, 3.8) is 0 Å². The van der Waals surface area contributed by atoms with E-state index in [1.165, 1.54) is 4.90 Å². The van der Waals surface area contributed by atoms with E-state index < -0.39 is 17.8 Å². The molecule has 0 aliphatic heterocycles. The number of ether oxygens (including phenoxy) is 1. The molecule has 0 aliphatic rings. The van der Waals surface area contributed by atoms with Gasteiger partial charge in [0.25, 0.3) is 0 Å². The Morgan fingerprint density at radius 2 is 2.13 bits per heavy atom. The van der Waals surface area contributed by atoms with Gasteiger partial charge in [-0.1, -0.05) is 0 Å². The first kappa shape index (κ1) is 19.9. The zero-order valence-electron chi connectivity index (χ0n) is 14.9. The molecule has 7 heteroatoms. The molecule has 2 atom stereocenters. The third kappa shape index (κ3) is 7.76. The topological polar surface area (TPSA) is 74.7 Å². The highest BCUT2D eigenvalue weighted by molar-refractivity contribution is 7.09. The fraction of sp³-hybridized carbons (Fsp3) is 0.750. The van der Waals surface area contributed by atoms with E-state index in [0.29, 0.717) is 13.1 Å².